The number of fused-ring (bicyclic) bond motifs is 1. The summed E-state index contributed by atoms with van der Waals surface area (Å²) in [6.07, 6.45) is -2.66. The summed E-state index contributed by atoms with van der Waals surface area (Å²) in [5.74, 6) is -8.46. The summed E-state index contributed by atoms with van der Waals surface area (Å²) in [6.45, 7) is 3.79. The second kappa shape index (κ2) is 20.2. The van der Waals surface area contributed by atoms with Crippen molar-refractivity contribution < 1.29 is 58.1 Å². The number of benzene rings is 2. The van der Waals surface area contributed by atoms with Crippen molar-refractivity contribution in [1.82, 2.24) is 26.3 Å². The van der Waals surface area contributed by atoms with E-state index < -0.39 is 110 Å². The van der Waals surface area contributed by atoms with Gasteiger partial charge in [0.25, 0.3) is 0 Å². The molecule has 0 aliphatic rings. The summed E-state index contributed by atoms with van der Waals surface area (Å²) in [4.78, 5) is 106. The molecule has 8 N–H and O–H groups in total. The molecule has 19 heteroatoms. The van der Waals surface area contributed by atoms with Gasteiger partial charge in [-0.3, -0.25) is 38.4 Å². The van der Waals surface area contributed by atoms with Crippen LogP contribution in [-0.2, 0) is 38.4 Å². The van der Waals surface area contributed by atoms with E-state index in [2.05, 4.69) is 31.6 Å². The van der Waals surface area contributed by atoms with E-state index in [4.69, 9.17) is 9.52 Å². The Morgan fingerprint density at radius 1 is 0.732 bits per heavy atom. The van der Waals surface area contributed by atoms with Gasteiger partial charge in [-0.1, -0.05) is 13.8 Å². The zero-order chi connectivity index (χ0) is 41.7. The van der Waals surface area contributed by atoms with Gasteiger partial charge in [-0.15, -0.1) is 0 Å². The minimum atomic E-state index is -1.55. The molecule has 3 rings (SSSR count). The summed E-state index contributed by atoms with van der Waals surface area (Å²) in [5.41, 5.74) is 3.19. The van der Waals surface area contributed by atoms with Crippen LogP contribution in [0.15, 0.2) is 46.9 Å². The Hall–Kier alpha value is -6.53. The standard InChI is InChI=1S/C37H47N7O12/c1-19(2)33(43-35(54)25(12-15-31(49)50)40-34(53)24(39-20(3)45)11-14-30(47)48)36(55)41-26(17-32(51)52)28(46)18-38-22-8-13-29-27(16-22)42-37(56-29)21-6-9-23(10-7-21)44(4)5/h6-10,13,16,19,24-26,33,38H,11-12,14-15,17-18H2,1-5H3,(H,39,45)(H,40,53)(H,41,55)(H,43,54)(H,47,48)(H,49,50)(H,51,52)/t24-,25-,26-,33-/m0/s1. The number of carboxylic acid groups (broad SMARTS) is 3. The van der Waals surface area contributed by atoms with E-state index in [0.29, 0.717) is 22.7 Å². The van der Waals surface area contributed by atoms with Crippen molar-refractivity contribution in [3.8, 4) is 11.5 Å². The molecule has 56 heavy (non-hydrogen) atoms. The number of hydrogen-bond donors (Lipinski definition) is 8. The largest absolute Gasteiger partial charge is 0.481 e. The lowest BCUT2D eigenvalue weighted by Crippen LogP contribution is -2.59. The third-order valence-electron chi connectivity index (χ3n) is 8.44. The Balaban J connectivity index is 1.72. The second-order valence-electron chi connectivity index (χ2n) is 13.5. The number of Topliss-reactive ketones (excluding diaryl/α,β-unsaturated/α-hetero) is 1. The van der Waals surface area contributed by atoms with Gasteiger partial charge in [-0.2, -0.15) is 0 Å². The predicted molar refractivity (Wildman–Crippen MR) is 201 cm³/mol. The molecule has 0 fully saturated rings. The summed E-state index contributed by atoms with van der Waals surface area (Å²) < 4.78 is 5.89. The van der Waals surface area contributed by atoms with E-state index in [0.717, 1.165) is 18.2 Å². The highest BCUT2D eigenvalue weighted by molar-refractivity contribution is 5.98. The van der Waals surface area contributed by atoms with Crippen LogP contribution in [-0.4, -0.2) is 112 Å². The molecular weight excluding hydrogens is 734 g/mol. The fraction of sp³-hybridized carbons (Fsp3) is 0.432. The van der Waals surface area contributed by atoms with Crippen LogP contribution in [0.25, 0.3) is 22.6 Å². The quantitative estimate of drug-likeness (QED) is 0.0714. The van der Waals surface area contributed by atoms with Gasteiger partial charge in [0.05, 0.1) is 19.0 Å². The molecule has 0 saturated heterocycles. The monoisotopic (exact) mass is 781 g/mol. The molecule has 0 radical (unpaired) electrons. The van der Waals surface area contributed by atoms with E-state index in [1.165, 1.54) is 0 Å². The SMILES string of the molecule is CC(=O)N[C@@H](CCC(=O)O)C(=O)N[C@@H](CCC(=O)O)C(=O)N[C@H](C(=O)N[C@@H](CC(=O)O)C(=O)CNc1ccc2oc(-c3ccc(N(C)C)cc3)nc2c1)C(C)C. The van der Waals surface area contributed by atoms with Gasteiger partial charge < -0.3 is 51.2 Å². The number of hydrogen-bond acceptors (Lipinski definition) is 12. The first-order valence-corrected chi connectivity index (χ1v) is 17.6. The molecule has 0 aliphatic carbocycles. The van der Waals surface area contributed by atoms with Crippen molar-refractivity contribution in [1.29, 1.82) is 0 Å². The molecule has 3 aromatic rings. The fourth-order valence-electron chi connectivity index (χ4n) is 5.44. The number of amides is 4. The average Bonchev–Trinajstić information content (AvgIpc) is 3.55. The summed E-state index contributed by atoms with van der Waals surface area (Å²) in [5, 5.41) is 40.2. The molecule has 0 bridgehead atoms. The van der Waals surface area contributed by atoms with Gasteiger partial charge in [-0.05, 0) is 61.2 Å². The molecule has 2 aromatic carbocycles. The molecule has 0 saturated carbocycles. The van der Waals surface area contributed by atoms with E-state index in [9.17, 15) is 48.6 Å². The summed E-state index contributed by atoms with van der Waals surface area (Å²) in [6, 6.07) is 6.69. The Morgan fingerprint density at radius 2 is 1.30 bits per heavy atom. The van der Waals surface area contributed by atoms with Gasteiger partial charge in [0.15, 0.2) is 11.4 Å². The van der Waals surface area contributed by atoms with Crippen LogP contribution in [0.5, 0.6) is 0 Å². The van der Waals surface area contributed by atoms with Crippen molar-refractivity contribution in [2.75, 3.05) is 30.9 Å². The number of carboxylic acids is 3. The smallest absolute Gasteiger partial charge is 0.305 e. The number of oxazole rings is 1. The zero-order valence-corrected chi connectivity index (χ0v) is 31.6. The minimum absolute atomic E-state index is 0.332. The molecule has 0 aliphatic heterocycles. The number of ketones is 1. The molecule has 1 heterocycles. The highest BCUT2D eigenvalue weighted by atomic mass is 16.4. The van der Waals surface area contributed by atoms with Gasteiger partial charge in [-0.25, -0.2) is 4.98 Å². The highest BCUT2D eigenvalue weighted by Crippen LogP contribution is 2.27. The van der Waals surface area contributed by atoms with Crippen LogP contribution >= 0.6 is 0 Å². The molecule has 0 unspecified atom stereocenters. The summed E-state index contributed by atoms with van der Waals surface area (Å²) in [7, 11) is 3.85. The maximum atomic E-state index is 13.5. The molecule has 1 aromatic heterocycles. The van der Waals surface area contributed by atoms with Crippen LogP contribution in [0, 0.1) is 5.92 Å². The number of aromatic nitrogens is 1. The van der Waals surface area contributed by atoms with Gasteiger partial charge >= 0.3 is 17.9 Å². The van der Waals surface area contributed by atoms with E-state index in [1.807, 2.05) is 43.3 Å². The number of carbonyl (C=O) groups excluding carboxylic acids is 5. The first-order valence-electron chi connectivity index (χ1n) is 17.6. The van der Waals surface area contributed by atoms with E-state index in [1.54, 1.807) is 32.0 Å². The summed E-state index contributed by atoms with van der Waals surface area (Å²) >= 11 is 0. The maximum absolute atomic E-state index is 13.5. The van der Waals surface area contributed by atoms with Crippen LogP contribution in [0.4, 0.5) is 11.4 Å². The lowest BCUT2D eigenvalue weighted by molar-refractivity contribution is -0.141. The number of rotatable bonds is 22. The topological polar surface area (TPSA) is 287 Å². The number of carbonyl (C=O) groups is 8. The molecular formula is C37H47N7O12. The van der Waals surface area contributed by atoms with Crippen LogP contribution in [0.1, 0.15) is 52.9 Å². The van der Waals surface area contributed by atoms with E-state index in [-0.39, 0.29) is 6.42 Å². The van der Waals surface area contributed by atoms with Crippen molar-refractivity contribution in [2.24, 2.45) is 5.92 Å². The minimum Gasteiger partial charge on any atom is -0.481 e. The van der Waals surface area contributed by atoms with Crippen LogP contribution in [0.2, 0.25) is 0 Å². The predicted octanol–water partition coefficient (Wildman–Crippen LogP) is 1.36. The van der Waals surface area contributed by atoms with Gasteiger partial charge in [0.2, 0.25) is 29.5 Å². The number of aliphatic carboxylic acids is 3. The second-order valence-corrected chi connectivity index (χ2v) is 13.5. The Morgan fingerprint density at radius 3 is 1.84 bits per heavy atom. The molecule has 302 valence electrons. The molecule has 19 nitrogen and oxygen atoms in total. The lowest BCUT2D eigenvalue weighted by atomic mass is 10.00. The first-order chi connectivity index (χ1) is 26.3. The third kappa shape index (κ3) is 13.4. The Kier molecular flexibility index (Phi) is 15.9. The van der Waals surface area contributed by atoms with Crippen LogP contribution < -0.4 is 31.5 Å². The van der Waals surface area contributed by atoms with Gasteiger partial charge in [0, 0.05) is 50.8 Å². The average molecular weight is 782 g/mol. The number of nitrogens with one attached hydrogen (secondary N) is 5. The zero-order valence-electron chi connectivity index (χ0n) is 31.6. The number of anilines is 2. The van der Waals surface area contributed by atoms with Crippen molar-refractivity contribution >= 4 is 69.8 Å². The number of nitrogens with zero attached hydrogens (tertiary/aromatic N) is 2. The molecule has 4 atom stereocenters. The third-order valence-corrected chi connectivity index (χ3v) is 8.44. The Labute approximate surface area is 321 Å². The highest BCUT2D eigenvalue weighted by Gasteiger charge is 2.33. The fourth-order valence-corrected chi connectivity index (χ4v) is 5.44. The normalized spacial score (nSPS) is 13.1. The molecule has 0 spiro atoms. The van der Waals surface area contributed by atoms with E-state index >= 15 is 0 Å². The Bertz CT molecular complexity index is 1930. The first kappa shape index (κ1) is 43.9. The molecule has 4 amide bonds. The van der Waals surface area contributed by atoms with Crippen molar-refractivity contribution in [3.63, 3.8) is 0 Å². The lowest BCUT2D eigenvalue weighted by Gasteiger charge is -2.27. The van der Waals surface area contributed by atoms with Gasteiger partial charge in [0.1, 0.15) is 23.6 Å². The maximum Gasteiger partial charge on any atom is 0.305 e. The van der Waals surface area contributed by atoms with Crippen molar-refractivity contribution in [3.05, 3.63) is 42.5 Å². The van der Waals surface area contributed by atoms with Crippen molar-refractivity contribution in [2.45, 2.75) is 77.0 Å². The van der Waals surface area contributed by atoms with Crippen LogP contribution in [0.3, 0.4) is 0 Å².